The third-order valence-electron chi connectivity index (χ3n) is 17.5. The Morgan fingerprint density at radius 1 is 0.183 bits per heavy atom. The Kier molecular flexibility index (Phi) is 84.3. The molecule has 0 heteroatoms. The molecule has 0 aromatic rings. The summed E-state index contributed by atoms with van der Waals surface area (Å²) in [6.45, 7) is 46.3. The number of unbranched alkanes of at least 4 members (excludes halogenated alkanes) is 17. The summed E-state index contributed by atoms with van der Waals surface area (Å²) in [7, 11) is 0. The van der Waals surface area contributed by atoms with Crippen LogP contribution in [-0.2, 0) is 0 Å². The summed E-state index contributed by atoms with van der Waals surface area (Å²) in [5, 5.41) is 0. The highest BCUT2D eigenvalue weighted by molar-refractivity contribution is 4.89. The Hall–Kier alpha value is -0.520. The predicted molar refractivity (Wildman–Crippen MR) is 388 cm³/mol. The Morgan fingerprint density at radius 2 is 0.427 bits per heavy atom. The SMILES string of the molecule is CCCCC(C/C=C\CC(C)C)CCCC.CCCCC(CCCC)CCCCC(C)C.CCCCCC(/C=C\CC(C)C)CCCCC.CCCCCC(CCCCC)CCC(C)C.CCCCCC(CCCCC)CCCC(C)C. The van der Waals surface area contributed by atoms with Crippen LogP contribution in [-0.4, -0.2) is 0 Å². The van der Waals surface area contributed by atoms with Crippen LogP contribution in [0.15, 0.2) is 24.3 Å². The van der Waals surface area contributed by atoms with Crippen LogP contribution >= 0.6 is 0 Å². The molecule has 0 atom stereocenters. The Labute approximate surface area is 527 Å². The third-order valence-corrected chi connectivity index (χ3v) is 17.5. The van der Waals surface area contributed by atoms with E-state index in [1.807, 2.05) is 0 Å². The minimum atomic E-state index is 0.804. The first kappa shape index (κ1) is 90.2. The van der Waals surface area contributed by atoms with Gasteiger partial charge in [-0.1, -0.05) is 439 Å². The van der Waals surface area contributed by atoms with E-state index in [-0.39, 0.29) is 0 Å². The maximum atomic E-state index is 2.51. The summed E-state index contributed by atoms with van der Waals surface area (Å²) in [5.74, 6) is 9.18. The number of hydrogen-bond acceptors (Lipinski definition) is 0. The molecule has 0 saturated carbocycles. The van der Waals surface area contributed by atoms with E-state index in [0.717, 1.165) is 59.2 Å². The molecular formula is C82H170. The van der Waals surface area contributed by atoms with Crippen molar-refractivity contribution in [3.8, 4) is 0 Å². The van der Waals surface area contributed by atoms with Gasteiger partial charge in [0.2, 0.25) is 0 Å². The Morgan fingerprint density at radius 3 is 0.756 bits per heavy atom. The van der Waals surface area contributed by atoms with Crippen LogP contribution in [0.1, 0.15) is 447 Å². The van der Waals surface area contributed by atoms with Gasteiger partial charge < -0.3 is 0 Å². The lowest BCUT2D eigenvalue weighted by molar-refractivity contribution is 0.355. The fraction of sp³-hybridized carbons (Fsp3) is 0.951. The van der Waals surface area contributed by atoms with Gasteiger partial charge in [0.25, 0.3) is 0 Å². The molecule has 0 amide bonds. The number of rotatable bonds is 55. The molecule has 0 saturated heterocycles. The lowest BCUT2D eigenvalue weighted by atomic mass is 9.89. The molecule has 0 unspecified atom stereocenters. The summed E-state index contributed by atoms with van der Waals surface area (Å²) in [6, 6.07) is 0. The molecule has 0 nitrogen and oxygen atoms in total. The van der Waals surface area contributed by atoms with Crippen molar-refractivity contribution < 1.29 is 0 Å². The van der Waals surface area contributed by atoms with Gasteiger partial charge in [-0.3, -0.25) is 0 Å². The minimum Gasteiger partial charge on any atom is -0.0883 e. The van der Waals surface area contributed by atoms with E-state index in [4.69, 9.17) is 0 Å². The molecule has 0 fully saturated rings. The number of hydrogen-bond donors (Lipinski definition) is 0. The van der Waals surface area contributed by atoms with Gasteiger partial charge in [0.1, 0.15) is 0 Å². The monoisotopic (exact) mass is 1160 g/mol. The van der Waals surface area contributed by atoms with Crippen molar-refractivity contribution >= 4 is 0 Å². The van der Waals surface area contributed by atoms with Crippen LogP contribution in [0.4, 0.5) is 0 Å². The van der Waals surface area contributed by atoms with E-state index < -0.39 is 0 Å². The van der Waals surface area contributed by atoms with E-state index in [2.05, 4.69) is 163 Å². The van der Waals surface area contributed by atoms with Gasteiger partial charge in [-0.15, -0.1) is 0 Å². The second kappa shape index (κ2) is 76.6. The summed E-state index contributed by atoms with van der Waals surface area (Å²) in [4.78, 5) is 0. The van der Waals surface area contributed by atoms with Gasteiger partial charge in [-0.25, -0.2) is 0 Å². The second-order valence-electron chi connectivity index (χ2n) is 29.1. The maximum absolute atomic E-state index is 2.51. The van der Waals surface area contributed by atoms with Crippen molar-refractivity contribution in [1.29, 1.82) is 0 Å². The normalized spacial score (nSPS) is 11.8. The number of allylic oxidation sites excluding steroid dienone is 4. The zero-order valence-electron chi connectivity index (χ0n) is 62.0. The molecule has 82 heavy (non-hydrogen) atoms. The summed E-state index contributed by atoms with van der Waals surface area (Å²) in [5.41, 5.74) is 0. The molecule has 0 radical (unpaired) electrons. The molecule has 0 aliphatic carbocycles. The van der Waals surface area contributed by atoms with Crippen molar-refractivity contribution in [3.63, 3.8) is 0 Å². The maximum Gasteiger partial charge on any atom is -0.0234 e. The highest BCUT2D eigenvalue weighted by atomic mass is 14.2. The summed E-state index contributed by atoms with van der Waals surface area (Å²) in [6.07, 6.45) is 77.8. The highest BCUT2D eigenvalue weighted by Crippen LogP contribution is 2.27. The Balaban J connectivity index is -0.000000301. The zero-order valence-corrected chi connectivity index (χ0v) is 62.0. The van der Waals surface area contributed by atoms with Gasteiger partial charge >= 0.3 is 0 Å². The van der Waals surface area contributed by atoms with Crippen LogP contribution in [0.3, 0.4) is 0 Å². The fourth-order valence-electron chi connectivity index (χ4n) is 11.6. The van der Waals surface area contributed by atoms with Gasteiger partial charge in [0, 0.05) is 0 Å². The van der Waals surface area contributed by atoms with Crippen LogP contribution in [0.25, 0.3) is 0 Å². The van der Waals surface area contributed by atoms with Crippen LogP contribution < -0.4 is 0 Å². The van der Waals surface area contributed by atoms with Gasteiger partial charge in [-0.05, 0) is 91.3 Å². The fourth-order valence-corrected chi connectivity index (χ4v) is 11.6. The molecule has 0 N–H and O–H groups in total. The standard InChI is InChI=1S/C17H36.C17H34.C16H34.C16H32.C16H34/c2*1-5-7-9-13-17(14-10-8-6-2)15-11-12-16(3)4;2*1-5-7-12-16(13-8-6-2)14-10-9-11-15(3)4;1-5-7-9-11-16(12-10-8-6-2)14-13-15(3)4/h16-17H,5-15H2,1-4H3;11,15-17H,5-10,12-14H2,1-4H3;15-16H,5-14H2,1-4H3;9-10,15-16H,5-8,11-14H2,1-4H3;15-16H,5-14H2,1-4H3/b;15-11-;;10-9-;. The van der Waals surface area contributed by atoms with Gasteiger partial charge in [0.15, 0.2) is 0 Å². The molecule has 0 aromatic carbocycles. The van der Waals surface area contributed by atoms with Crippen molar-refractivity contribution in [2.24, 2.45) is 59.2 Å². The van der Waals surface area contributed by atoms with Gasteiger partial charge in [-0.2, -0.15) is 0 Å². The molecule has 0 aliphatic heterocycles. The molecule has 498 valence electrons. The second-order valence-corrected chi connectivity index (χ2v) is 29.1. The first-order valence-electron chi connectivity index (χ1n) is 38.8. The van der Waals surface area contributed by atoms with Crippen LogP contribution in [0, 0.1) is 59.2 Å². The van der Waals surface area contributed by atoms with Crippen LogP contribution in [0.5, 0.6) is 0 Å². The molecule has 0 heterocycles. The average molecular weight is 1160 g/mol. The highest BCUT2D eigenvalue weighted by Gasteiger charge is 2.12. The van der Waals surface area contributed by atoms with E-state index in [0.29, 0.717) is 0 Å². The quantitative estimate of drug-likeness (QED) is 0.0421. The van der Waals surface area contributed by atoms with E-state index >= 15 is 0 Å². The van der Waals surface area contributed by atoms with E-state index in [1.54, 1.807) is 0 Å². The van der Waals surface area contributed by atoms with E-state index in [1.165, 1.54) is 308 Å². The third kappa shape index (κ3) is 83.7. The average Bonchev–Trinajstić information content (AvgIpc) is 3.44. The molecule has 0 bridgehead atoms. The molecule has 0 aliphatic rings. The largest absolute Gasteiger partial charge is 0.0883 e. The lowest BCUT2D eigenvalue weighted by Crippen LogP contribution is -2.03. The summed E-state index contributed by atoms with van der Waals surface area (Å²) < 4.78 is 0. The lowest BCUT2D eigenvalue weighted by Gasteiger charge is -2.17. The van der Waals surface area contributed by atoms with E-state index in [9.17, 15) is 0 Å². The van der Waals surface area contributed by atoms with Gasteiger partial charge in [0.05, 0.1) is 0 Å². The Bertz CT molecular complexity index is 1070. The molecular weight excluding hydrogens is 985 g/mol. The van der Waals surface area contributed by atoms with Crippen molar-refractivity contribution in [2.75, 3.05) is 0 Å². The van der Waals surface area contributed by atoms with Crippen LogP contribution in [0.2, 0.25) is 0 Å². The molecule has 0 spiro atoms. The smallest absolute Gasteiger partial charge is 0.0234 e. The van der Waals surface area contributed by atoms with Crippen molar-refractivity contribution in [1.82, 2.24) is 0 Å². The molecule has 0 aromatic heterocycles. The van der Waals surface area contributed by atoms with Crippen molar-refractivity contribution in [3.05, 3.63) is 24.3 Å². The summed E-state index contributed by atoms with van der Waals surface area (Å²) >= 11 is 0. The van der Waals surface area contributed by atoms with Crippen molar-refractivity contribution in [2.45, 2.75) is 447 Å². The topological polar surface area (TPSA) is 0 Å². The zero-order chi connectivity index (χ0) is 62.5. The minimum absolute atomic E-state index is 0.804. The first-order chi connectivity index (χ1) is 39.5. The predicted octanol–water partition coefficient (Wildman–Crippen LogP) is 31.3. The molecule has 0 rings (SSSR count). The first-order valence-corrected chi connectivity index (χ1v) is 38.8.